The Bertz CT molecular complexity index is 401. The Kier molecular flexibility index (Phi) is 10.5. The minimum atomic E-state index is 0.0686. The van der Waals surface area contributed by atoms with E-state index in [-0.39, 0.29) is 35.6 Å². The molecule has 0 bridgehead atoms. The molecule has 2 aliphatic heterocycles. The molecule has 0 N–H and O–H groups in total. The molecule has 0 radical (unpaired) electrons. The lowest BCUT2D eigenvalue weighted by molar-refractivity contribution is -0.0474. The fourth-order valence-electron chi connectivity index (χ4n) is 5.26. The SMILES string of the molecule is CCCCCCC(OC(CCCCCC)C1OC1(CC)CC)C1OC1(CC)CC. The standard InChI is InChI=1S/C26H50O3/c1-7-13-15-17-19-21(23-25(9-3,10-4)28-23)27-22(20-18-16-14-8-2)24-26(11-5,12-6)29-24/h21-24H,7-20H2,1-6H3. The predicted molar refractivity (Wildman–Crippen MR) is 123 cm³/mol. The third-order valence-electron chi connectivity index (χ3n) is 7.75. The van der Waals surface area contributed by atoms with E-state index in [0.29, 0.717) is 0 Å². The van der Waals surface area contributed by atoms with Gasteiger partial charge in [0, 0.05) is 0 Å². The zero-order chi connectivity index (χ0) is 21.3. The molecule has 2 aliphatic rings. The molecule has 4 atom stereocenters. The number of hydrogen-bond donors (Lipinski definition) is 0. The van der Waals surface area contributed by atoms with E-state index in [1.165, 1.54) is 51.4 Å². The second-order valence-electron chi connectivity index (χ2n) is 9.53. The Labute approximate surface area is 181 Å². The van der Waals surface area contributed by atoms with Gasteiger partial charge in [-0.3, -0.25) is 0 Å². The summed E-state index contributed by atoms with van der Waals surface area (Å²) < 4.78 is 19.5. The zero-order valence-corrected chi connectivity index (χ0v) is 20.4. The maximum atomic E-state index is 6.93. The fraction of sp³-hybridized carbons (Fsp3) is 1.00. The molecule has 0 saturated carbocycles. The molecule has 0 aromatic rings. The zero-order valence-electron chi connectivity index (χ0n) is 20.4. The number of unbranched alkanes of at least 4 members (excludes halogenated alkanes) is 6. The van der Waals surface area contributed by atoms with Crippen molar-refractivity contribution in [1.82, 2.24) is 0 Å². The molecule has 4 unspecified atom stereocenters. The van der Waals surface area contributed by atoms with Crippen LogP contribution in [-0.2, 0) is 14.2 Å². The van der Waals surface area contributed by atoms with Gasteiger partial charge in [0.15, 0.2) is 0 Å². The van der Waals surface area contributed by atoms with Crippen LogP contribution in [0.2, 0.25) is 0 Å². The maximum Gasteiger partial charge on any atom is 0.113 e. The summed E-state index contributed by atoms with van der Waals surface area (Å²) in [4.78, 5) is 0. The van der Waals surface area contributed by atoms with Crippen molar-refractivity contribution in [2.24, 2.45) is 0 Å². The summed E-state index contributed by atoms with van der Waals surface area (Å²) in [5.41, 5.74) is 0.137. The summed E-state index contributed by atoms with van der Waals surface area (Å²) in [6.45, 7) is 13.6. The highest BCUT2D eigenvalue weighted by atomic mass is 16.7. The van der Waals surface area contributed by atoms with Crippen molar-refractivity contribution in [3.05, 3.63) is 0 Å². The lowest BCUT2D eigenvalue weighted by Crippen LogP contribution is -2.35. The first-order valence-corrected chi connectivity index (χ1v) is 13.1. The van der Waals surface area contributed by atoms with Gasteiger partial charge in [-0.1, -0.05) is 92.9 Å². The summed E-state index contributed by atoms with van der Waals surface area (Å²) in [5.74, 6) is 0. The van der Waals surface area contributed by atoms with Crippen LogP contribution in [0.15, 0.2) is 0 Å². The van der Waals surface area contributed by atoms with Crippen LogP contribution < -0.4 is 0 Å². The van der Waals surface area contributed by atoms with Crippen LogP contribution >= 0.6 is 0 Å². The van der Waals surface area contributed by atoms with Crippen molar-refractivity contribution in [3.63, 3.8) is 0 Å². The van der Waals surface area contributed by atoms with Gasteiger partial charge in [-0.2, -0.15) is 0 Å². The normalized spacial score (nSPS) is 26.3. The third kappa shape index (κ3) is 6.43. The molecule has 0 aromatic carbocycles. The van der Waals surface area contributed by atoms with E-state index in [1.54, 1.807) is 0 Å². The second-order valence-corrected chi connectivity index (χ2v) is 9.53. The van der Waals surface area contributed by atoms with Gasteiger partial charge in [0.2, 0.25) is 0 Å². The van der Waals surface area contributed by atoms with Crippen LogP contribution in [0.25, 0.3) is 0 Å². The van der Waals surface area contributed by atoms with E-state index < -0.39 is 0 Å². The van der Waals surface area contributed by atoms with Crippen LogP contribution in [0.4, 0.5) is 0 Å². The topological polar surface area (TPSA) is 34.3 Å². The van der Waals surface area contributed by atoms with E-state index >= 15 is 0 Å². The van der Waals surface area contributed by atoms with E-state index in [4.69, 9.17) is 14.2 Å². The maximum absolute atomic E-state index is 6.93. The number of hydrogen-bond acceptors (Lipinski definition) is 3. The van der Waals surface area contributed by atoms with E-state index in [9.17, 15) is 0 Å². The lowest BCUT2D eigenvalue weighted by Gasteiger charge is -2.25. The molecule has 0 aliphatic carbocycles. The highest BCUT2D eigenvalue weighted by Crippen LogP contribution is 2.50. The molecule has 2 saturated heterocycles. The summed E-state index contributed by atoms with van der Waals surface area (Å²) in [6.07, 6.45) is 18.0. The molecule has 0 spiro atoms. The smallest absolute Gasteiger partial charge is 0.113 e. The molecule has 3 heteroatoms. The highest BCUT2D eigenvalue weighted by Gasteiger charge is 2.61. The van der Waals surface area contributed by atoms with Gasteiger partial charge in [-0.15, -0.1) is 0 Å². The summed E-state index contributed by atoms with van der Waals surface area (Å²) in [5, 5.41) is 0. The molecule has 2 heterocycles. The van der Waals surface area contributed by atoms with Crippen molar-refractivity contribution >= 4 is 0 Å². The van der Waals surface area contributed by atoms with Gasteiger partial charge in [0.25, 0.3) is 0 Å². The van der Waals surface area contributed by atoms with Crippen molar-refractivity contribution in [2.75, 3.05) is 0 Å². The van der Waals surface area contributed by atoms with Crippen LogP contribution in [0.1, 0.15) is 131 Å². The van der Waals surface area contributed by atoms with Crippen molar-refractivity contribution in [1.29, 1.82) is 0 Å². The number of rotatable bonds is 18. The first kappa shape index (κ1) is 25.1. The van der Waals surface area contributed by atoms with Crippen molar-refractivity contribution in [2.45, 2.75) is 167 Å². The number of ether oxygens (including phenoxy) is 3. The Hall–Kier alpha value is -0.120. The van der Waals surface area contributed by atoms with Gasteiger partial charge >= 0.3 is 0 Å². The van der Waals surface area contributed by atoms with Crippen LogP contribution in [0.5, 0.6) is 0 Å². The van der Waals surface area contributed by atoms with Crippen molar-refractivity contribution < 1.29 is 14.2 Å². The monoisotopic (exact) mass is 410 g/mol. The van der Waals surface area contributed by atoms with Gasteiger partial charge in [-0.05, 0) is 38.5 Å². The summed E-state index contributed by atoms with van der Waals surface area (Å²) >= 11 is 0. The summed E-state index contributed by atoms with van der Waals surface area (Å²) in [6, 6.07) is 0. The first-order valence-electron chi connectivity index (χ1n) is 13.1. The van der Waals surface area contributed by atoms with Gasteiger partial charge in [0.05, 0.1) is 23.4 Å². The van der Waals surface area contributed by atoms with Crippen LogP contribution in [0.3, 0.4) is 0 Å². The minimum absolute atomic E-state index is 0.0686. The highest BCUT2D eigenvalue weighted by molar-refractivity contribution is 5.08. The molecule has 3 nitrogen and oxygen atoms in total. The lowest BCUT2D eigenvalue weighted by atomic mass is 9.91. The van der Waals surface area contributed by atoms with Crippen molar-refractivity contribution in [3.8, 4) is 0 Å². The molecule has 172 valence electrons. The second kappa shape index (κ2) is 12.1. The molecule has 29 heavy (non-hydrogen) atoms. The molecule has 0 amide bonds. The molecule has 2 rings (SSSR count). The summed E-state index contributed by atoms with van der Waals surface area (Å²) in [7, 11) is 0. The largest absolute Gasteiger partial charge is 0.369 e. The molecular weight excluding hydrogens is 360 g/mol. The minimum Gasteiger partial charge on any atom is -0.369 e. The Morgan fingerprint density at radius 1 is 0.586 bits per heavy atom. The number of epoxide rings is 2. The Morgan fingerprint density at radius 2 is 0.966 bits per heavy atom. The average molecular weight is 411 g/mol. The molecule has 2 fully saturated rings. The Morgan fingerprint density at radius 3 is 1.24 bits per heavy atom. The van der Waals surface area contributed by atoms with Gasteiger partial charge in [0.1, 0.15) is 12.2 Å². The van der Waals surface area contributed by atoms with Gasteiger partial charge in [-0.25, -0.2) is 0 Å². The van der Waals surface area contributed by atoms with Crippen LogP contribution in [-0.4, -0.2) is 35.6 Å². The fourth-order valence-corrected chi connectivity index (χ4v) is 5.26. The third-order valence-corrected chi connectivity index (χ3v) is 7.75. The van der Waals surface area contributed by atoms with Crippen LogP contribution in [0, 0.1) is 0 Å². The molecule has 0 aromatic heterocycles. The average Bonchev–Trinajstić information content (AvgIpc) is 3.65. The quantitative estimate of drug-likeness (QED) is 0.172. The van der Waals surface area contributed by atoms with E-state index in [1.807, 2.05) is 0 Å². The predicted octanol–water partition coefficient (Wildman–Crippen LogP) is 7.60. The van der Waals surface area contributed by atoms with Gasteiger partial charge < -0.3 is 14.2 Å². The van der Waals surface area contributed by atoms with E-state index in [2.05, 4.69) is 41.5 Å². The first-order chi connectivity index (χ1) is 14.1. The molecular formula is C26H50O3. The van der Waals surface area contributed by atoms with E-state index in [0.717, 1.165) is 38.5 Å². The Balaban J connectivity index is 2.02.